The number of carbonyl (C=O) groups is 2. The lowest BCUT2D eigenvalue weighted by atomic mass is 9.76. The van der Waals surface area contributed by atoms with Gasteiger partial charge in [-0.05, 0) is 45.3 Å². The van der Waals surface area contributed by atoms with Crippen LogP contribution in [0.25, 0.3) is 0 Å². The van der Waals surface area contributed by atoms with Gasteiger partial charge in [-0.3, -0.25) is 9.69 Å². The first-order valence-corrected chi connectivity index (χ1v) is 12.7. The molecule has 2 aliphatic rings. The zero-order valence-corrected chi connectivity index (χ0v) is 21.9. The van der Waals surface area contributed by atoms with Gasteiger partial charge in [0, 0.05) is 25.0 Å². The fourth-order valence-electron chi connectivity index (χ4n) is 5.02. The maximum absolute atomic E-state index is 14.5. The number of rotatable bonds is 9. The first-order valence-electron chi connectivity index (χ1n) is 12.7. The van der Waals surface area contributed by atoms with Gasteiger partial charge in [-0.1, -0.05) is 30.3 Å². The van der Waals surface area contributed by atoms with Crippen molar-refractivity contribution in [2.45, 2.75) is 69.4 Å². The molecule has 2 heterocycles. The molecule has 38 heavy (non-hydrogen) atoms. The van der Waals surface area contributed by atoms with Crippen LogP contribution in [0.3, 0.4) is 0 Å². The van der Waals surface area contributed by atoms with Crippen LogP contribution in [-0.4, -0.2) is 94.6 Å². The molecule has 4 atom stereocenters. The third-order valence-electron chi connectivity index (χ3n) is 7.21. The van der Waals surface area contributed by atoms with Gasteiger partial charge in [-0.15, -0.1) is 0 Å². The van der Waals surface area contributed by atoms with Crippen LogP contribution in [0.5, 0.6) is 0 Å². The number of halogens is 2. The second-order valence-corrected chi connectivity index (χ2v) is 10.8. The summed E-state index contributed by atoms with van der Waals surface area (Å²) in [5.74, 6) is -1.76. The Balaban J connectivity index is 1.68. The molecule has 2 saturated heterocycles. The van der Waals surface area contributed by atoms with Crippen LogP contribution >= 0.6 is 0 Å². The molecule has 0 aliphatic carbocycles. The Morgan fingerprint density at radius 3 is 2.55 bits per heavy atom. The Hall–Kier alpha value is -3.01. The molecule has 0 saturated carbocycles. The number of nitrogens with one attached hydrogen (secondary N) is 1. The number of amides is 2. The van der Waals surface area contributed by atoms with E-state index in [9.17, 15) is 33.7 Å². The quantitative estimate of drug-likeness (QED) is 0.252. The molecule has 3 N–H and O–H groups in total. The predicted octanol–water partition coefficient (Wildman–Crippen LogP) is 1.94. The van der Waals surface area contributed by atoms with E-state index in [2.05, 4.69) is 5.32 Å². The lowest BCUT2D eigenvalue weighted by Crippen LogP contribution is -2.52. The maximum Gasteiger partial charge on any atom is 0.475 e. The summed E-state index contributed by atoms with van der Waals surface area (Å²) in [6.45, 7) is 5.17. The van der Waals surface area contributed by atoms with Gasteiger partial charge in [-0.25, -0.2) is 13.6 Å². The van der Waals surface area contributed by atoms with E-state index in [4.69, 9.17) is 4.74 Å². The Bertz CT molecular complexity index is 1070. The summed E-state index contributed by atoms with van der Waals surface area (Å²) < 4.78 is 33.6. The van der Waals surface area contributed by atoms with Crippen molar-refractivity contribution in [2.24, 2.45) is 0 Å². The Morgan fingerprint density at radius 2 is 1.97 bits per heavy atom. The lowest BCUT2D eigenvalue weighted by Gasteiger charge is -2.36. The van der Waals surface area contributed by atoms with Crippen LogP contribution < -0.4 is 5.32 Å². The number of nitrogens with zero attached hydrogens (tertiary/aromatic N) is 3. The van der Waals surface area contributed by atoms with Gasteiger partial charge in [-0.2, -0.15) is 5.26 Å². The molecule has 0 bridgehead atoms. The second kappa shape index (κ2) is 12.2. The highest BCUT2D eigenvalue weighted by Gasteiger charge is 2.47. The molecule has 0 spiro atoms. The number of ether oxygens (including phenoxy) is 1. The summed E-state index contributed by atoms with van der Waals surface area (Å²) in [4.78, 5) is 28.9. The van der Waals surface area contributed by atoms with Crippen LogP contribution in [0.15, 0.2) is 42.0 Å². The van der Waals surface area contributed by atoms with Crippen LogP contribution in [-0.2, 0) is 16.0 Å². The number of nitriles is 1. The average molecular weight is 532 g/mol. The standard InChI is InChI=1S/C26H35BF2N4O5/c1-25(2,32-10-9-20(28)15-32)12-19(14-30)23(34)33-16-21(29)13-26(33,3)17-38-24(35)31-22(27(36)37)11-18-7-5-4-6-8-18/h4-8,12,20-22,36-37H,9-11,13,15-17H2,1-3H3,(H,31,35)/b19-12+/t20-,21-,22-,26+/m0/s1. The van der Waals surface area contributed by atoms with Gasteiger partial charge in [0.15, 0.2) is 0 Å². The van der Waals surface area contributed by atoms with Crippen molar-refractivity contribution in [1.82, 2.24) is 15.1 Å². The van der Waals surface area contributed by atoms with E-state index < -0.39 is 48.5 Å². The van der Waals surface area contributed by atoms with Crippen LogP contribution in [0.1, 0.15) is 39.2 Å². The second-order valence-electron chi connectivity index (χ2n) is 10.8. The monoisotopic (exact) mass is 532 g/mol. The van der Waals surface area contributed by atoms with Crippen LogP contribution in [0.2, 0.25) is 0 Å². The molecule has 206 valence electrons. The largest absolute Gasteiger partial charge is 0.475 e. The van der Waals surface area contributed by atoms with Crippen molar-refractivity contribution < 1.29 is 33.2 Å². The first kappa shape index (κ1) is 29.5. The molecule has 2 fully saturated rings. The molecule has 2 aliphatic heterocycles. The third-order valence-corrected chi connectivity index (χ3v) is 7.21. The van der Waals surface area contributed by atoms with Crippen molar-refractivity contribution >= 4 is 19.1 Å². The first-order chi connectivity index (χ1) is 17.8. The highest BCUT2D eigenvalue weighted by atomic mass is 19.1. The van der Waals surface area contributed by atoms with Crippen LogP contribution in [0.4, 0.5) is 13.6 Å². The van der Waals surface area contributed by atoms with Gasteiger partial charge in [0.25, 0.3) is 5.91 Å². The van der Waals surface area contributed by atoms with Crippen molar-refractivity contribution in [1.29, 1.82) is 5.26 Å². The summed E-state index contributed by atoms with van der Waals surface area (Å²) in [5, 5.41) is 31.5. The van der Waals surface area contributed by atoms with Crippen LogP contribution in [0, 0.1) is 11.3 Å². The van der Waals surface area contributed by atoms with E-state index in [0.717, 1.165) is 5.56 Å². The number of carbonyl (C=O) groups excluding carboxylic acids is 2. The molecule has 3 rings (SSSR count). The Morgan fingerprint density at radius 1 is 1.29 bits per heavy atom. The van der Waals surface area contributed by atoms with Gasteiger partial charge >= 0.3 is 13.2 Å². The summed E-state index contributed by atoms with van der Waals surface area (Å²) >= 11 is 0. The van der Waals surface area contributed by atoms with E-state index in [1.54, 1.807) is 45.0 Å². The van der Waals surface area contributed by atoms with Gasteiger partial charge in [0.1, 0.15) is 30.6 Å². The third kappa shape index (κ3) is 7.31. The smallest absolute Gasteiger partial charge is 0.447 e. The molecule has 2 amide bonds. The molecule has 1 aromatic carbocycles. The minimum atomic E-state index is -1.85. The summed E-state index contributed by atoms with van der Waals surface area (Å²) in [6.07, 6.45) is -1.44. The zero-order chi connectivity index (χ0) is 28.1. The molecule has 0 aromatic heterocycles. The lowest BCUT2D eigenvalue weighted by molar-refractivity contribution is -0.131. The van der Waals surface area contributed by atoms with Crippen molar-refractivity contribution in [3.05, 3.63) is 47.5 Å². The van der Waals surface area contributed by atoms with E-state index in [1.165, 1.54) is 11.0 Å². The molecular weight excluding hydrogens is 497 g/mol. The average Bonchev–Trinajstić information content (AvgIpc) is 3.44. The van der Waals surface area contributed by atoms with Crippen molar-refractivity contribution in [3.8, 4) is 6.07 Å². The summed E-state index contributed by atoms with van der Waals surface area (Å²) in [7, 11) is -1.85. The van der Waals surface area contributed by atoms with E-state index in [-0.39, 0.29) is 38.1 Å². The van der Waals surface area contributed by atoms with Crippen molar-refractivity contribution in [2.75, 3.05) is 26.2 Å². The molecule has 0 radical (unpaired) electrons. The zero-order valence-electron chi connectivity index (χ0n) is 21.9. The molecular formula is C26H35BF2N4O5. The van der Waals surface area contributed by atoms with E-state index in [0.29, 0.717) is 13.0 Å². The number of alkyl carbamates (subject to hydrolysis) is 1. The number of hydrogen-bond acceptors (Lipinski definition) is 7. The van der Waals surface area contributed by atoms with Crippen molar-refractivity contribution in [3.63, 3.8) is 0 Å². The molecule has 9 nitrogen and oxygen atoms in total. The van der Waals surface area contributed by atoms with E-state index in [1.807, 2.05) is 17.0 Å². The van der Waals surface area contributed by atoms with E-state index >= 15 is 0 Å². The minimum absolute atomic E-state index is 0.111. The minimum Gasteiger partial charge on any atom is -0.447 e. The van der Waals surface area contributed by atoms with Gasteiger partial charge in [0.2, 0.25) is 0 Å². The highest BCUT2D eigenvalue weighted by Crippen LogP contribution is 2.33. The maximum atomic E-state index is 14.5. The number of benzene rings is 1. The fraction of sp³-hybridized carbons (Fsp3) is 0.577. The predicted molar refractivity (Wildman–Crippen MR) is 137 cm³/mol. The summed E-state index contributed by atoms with van der Waals surface area (Å²) in [6, 6.07) is 10.8. The van der Waals surface area contributed by atoms with Gasteiger partial charge in [0.05, 0.1) is 18.0 Å². The Labute approximate surface area is 222 Å². The Kier molecular flexibility index (Phi) is 9.52. The summed E-state index contributed by atoms with van der Waals surface area (Å²) in [5.41, 5.74) is -1.45. The number of hydrogen-bond donors (Lipinski definition) is 3. The fourth-order valence-corrected chi connectivity index (χ4v) is 5.02. The molecule has 0 unspecified atom stereocenters. The highest BCUT2D eigenvalue weighted by molar-refractivity contribution is 6.43. The topological polar surface area (TPSA) is 126 Å². The number of likely N-dealkylation sites (tertiary alicyclic amines) is 2. The van der Waals surface area contributed by atoms with Gasteiger partial charge < -0.3 is 25.0 Å². The molecule has 12 heteroatoms. The molecule has 1 aromatic rings. The SMILES string of the molecule is CC(C)(/C=C(\C#N)C(=O)N1C[C@@H](F)C[C@]1(C)COC(=O)N[C@@H](Cc1ccccc1)B(O)O)N1CC[C@H](F)C1. The number of alkyl halides is 2. The normalized spacial score (nSPS) is 25.1.